The van der Waals surface area contributed by atoms with E-state index in [2.05, 4.69) is 20.4 Å². The molecule has 0 aliphatic rings. The molecule has 0 aliphatic heterocycles. The highest BCUT2D eigenvalue weighted by molar-refractivity contribution is 7.15. The Bertz CT molecular complexity index is 995. The molecule has 3 rings (SSSR count). The summed E-state index contributed by atoms with van der Waals surface area (Å²) in [7, 11) is 1.30. The molecule has 6 nitrogen and oxygen atoms in total. The molecule has 3 aromatic heterocycles. The van der Waals surface area contributed by atoms with Crippen LogP contribution in [0.3, 0.4) is 0 Å². The summed E-state index contributed by atoms with van der Waals surface area (Å²) >= 11 is 1.41. The highest BCUT2D eigenvalue weighted by atomic mass is 32.1. The zero-order valence-corrected chi connectivity index (χ0v) is 16.2. The molecule has 1 atom stereocenters. The van der Waals surface area contributed by atoms with Crippen LogP contribution in [0.15, 0.2) is 30.6 Å². The average Bonchev–Trinajstić information content (AvgIpc) is 3.28. The summed E-state index contributed by atoms with van der Waals surface area (Å²) in [5.41, 5.74) is 0.623. The average molecular weight is 409 g/mol. The lowest BCUT2D eigenvalue weighted by Gasteiger charge is -2.11. The molecule has 0 saturated heterocycles. The van der Waals surface area contributed by atoms with Crippen molar-refractivity contribution in [2.24, 2.45) is 7.05 Å². The lowest BCUT2D eigenvalue weighted by Crippen LogP contribution is -2.27. The molecule has 1 amide bonds. The number of carbonyl (C=O) groups is 1. The SMILES string of the molecule is CCc1cc(-c2ncc(C(C)NC(=O)c3cc(C(F)(F)F)nn3C)s2)ccn1. The first-order chi connectivity index (χ1) is 13.2. The fraction of sp³-hybridized carbons (Fsp3) is 0.333. The standard InChI is InChI=1S/C18H18F3N5OS/c1-4-12-7-11(5-6-22-12)17-23-9-14(28-17)10(2)24-16(27)13-8-15(18(19,20)21)25-26(13)3/h5-10H,4H2,1-3H3,(H,24,27). The number of aryl methyl sites for hydroxylation is 2. The van der Waals surface area contributed by atoms with E-state index in [9.17, 15) is 18.0 Å². The Kier molecular flexibility index (Phi) is 5.50. The van der Waals surface area contributed by atoms with E-state index in [1.54, 1.807) is 19.3 Å². The summed E-state index contributed by atoms with van der Waals surface area (Å²) in [6.07, 6.45) is -0.415. The van der Waals surface area contributed by atoms with Gasteiger partial charge in [0.25, 0.3) is 5.91 Å². The van der Waals surface area contributed by atoms with Gasteiger partial charge in [-0.3, -0.25) is 14.5 Å². The van der Waals surface area contributed by atoms with Crippen LogP contribution in [-0.4, -0.2) is 25.7 Å². The van der Waals surface area contributed by atoms with Crippen molar-refractivity contribution in [2.75, 3.05) is 0 Å². The first kappa shape index (κ1) is 20.0. The van der Waals surface area contributed by atoms with Crippen LogP contribution >= 0.6 is 11.3 Å². The molecule has 0 bridgehead atoms. The number of alkyl halides is 3. The van der Waals surface area contributed by atoms with Gasteiger partial charge in [-0.15, -0.1) is 11.3 Å². The number of amides is 1. The van der Waals surface area contributed by atoms with E-state index in [0.29, 0.717) is 0 Å². The normalized spacial score (nSPS) is 12.8. The van der Waals surface area contributed by atoms with Gasteiger partial charge in [0.05, 0.1) is 6.04 Å². The van der Waals surface area contributed by atoms with Gasteiger partial charge in [0.2, 0.25) is 0 Å². The van der Waals surface area contributed by atoms with Gasteiger partial charge in [-0.1, -0.05) is 6.92 Å². The van der Waals surface area contributed by atoms with E-state index >= 15 is 0 Å². The highest BCUT2D eigenvalue weighted by Crippen LogP contribution is 2.30. The number of rotatable bonds is 5. The monoisotopic (exact) mass is 409 g/mol. The molecule has 3 aromatic rings. The predicted molar refractivity (Wildman–Crippen MR) is 98.8 cm³/mol. The van der Waals surface area contributed by atoms with Crippen molar-refractivity contribution in [3.63, 3.8) is 0 Å². The van der Waals surface area contributed by atoms with Gasteiger partial charge in [0, 0.05) is 41.6 Å². The fourth-order valence-electron chi connectivity index (χ4n) is 2.58. The third-order valence-corrected chi connectivity index (χ3v) is 5.36. The maximum Gasteiger partial charge on any atom is 0.435 e. The van der Waals surface area contributed by atoms with Gasteiger partial charge < -0.3 is 5.32 Å². The number of pyridine rings is 1. The molecule has 148 valence electrons. The third kappa shape index (κ3) is 4.22. The Morgan fingerprint density at radius 2 is 2.07 bits per heavy atom. The second kappa shape index (κ2) is 7.70. The van der Waals surface area contributed by atoms with Gasteiger partial charge in [-0.25, -0.2) is 4.98 Å². The van der Waals surface area contributed by atoms with E-state index in [0.717, 1.165) is 38.3 Å². The minimum Gasteiger partial charge on any atom is -0.343 e. The molecule has 0 spiro atoms. The van der Waals surface area contributed by atoms with E-state index in [1.807, 2.05) is 19.1 Å². The Hall–Kier alpha value is -2.75. The summed E-state index contributed by atoms with van der Waals surface area (Å²) < 4.78 is 39.2. The molecule has 3 heterocycles. The number of nitrogens with one attached hydrogen (secondary N) is 1. The summed E-state index contributed by atoms with van der Waals surface area (Å²) in [5.74, 6) is -0.634. The smallest absolute Gasteiger partial charge is 0.343 e. The van der Waals surface area contributed by atoms with Crippen LogP contribution in [0, 0.1) is 0 Å². The topological polar surface area (TPSA) is 72.7 Å². The minimum absolute atomic E-state index is 0.161. The van der Waals surface area contributed by atoms with Crippen molar-refractivity contribution in [3.8, 4) is 10.6 Å². The predicted octanol–water partition coefficient (Wildman–Crippen LogP) is 4.01. The molecule has 0 fully saturated rings. The molecule has 0 radical (unpaired) electrons. The van der Waals surface area contributed by atoms with Gasteiger partial charge in [-0.05, 0) is 25.5 Å². The van der Waals surface area contributed by atoms with Crippen LogP contribution < -0.4 is 5.32 Å². The Balaban J connectivity index is 1.75. The first-order valence-electron chi connectivity index (χ1n) is 8.52. The van der Waals surface area contributed by atoms with E-state index < -0.39 is 23.8 Å². The lowest BCUT2D eigenvalue weighted by atomic mass is 10.2. The van der Waals surface area contributed by atoms with Crippen molar-refractivity contribution < 1.29 is 18.0 Å². The van der Waals surface area contributed by atoms with Crippen molar-refractivity contribution in [3.05, 3.63) is 52.6 Å². The van der Waals surface area contributed by atoms with Gasteiger partial charge in [0.15, 0.2) is 5.69 Å². The maximum atomic E-state index is 12.8. The summed E-state index contributed by atoms with van der Waals surface area (Å²) in [4.78, 5) is 21.8. The molecule has 1 N–H and O–H groups in total. The number of aromatic nitrogens is 4. The first-order valence-corrected chi connectivity index (χ1v) is 9.33. The number of hydrogen-bond acceptors (Lipinski definition) is 5. The Labute approximate surface area is 163 Å². The van der Waals surface area contributed by atoms with Crippen LogP contribution in [0.25, 0.3) is 10.6 Å². The fourth-order valence-corrected chi connectivity index (χ4v) is 3.50. The Morgan fingerprint density at radius 3 is 2.71 bits per heavy atom. The van der Waals surface area contributed by atoms with Crippen LogP contribution in [0.1, 0.15) is 46.6 Å². The van der Waals surface area contributed by atoms with Crippen LogP contribution in [-0.2, 0) is 19.6 Å². The van der Waals surface area contributed by atoms with Crippen LogP contribution in [0.2, 0.25) is 0 Å². The quantitative estimate of drug-likeness (QED) is 0.691. The lowest BCUT2D eigenvalue weighted by molar-refractivity contribution is -0.141. The molecule has 10 heteroatoms. The van der Waals surface area contributed by atoms with Gasteiger partial charge in [-0.2, -0.15) is 18.3 Å². The third-order valence-electron chi connectivity index (χ3n) is 4.13. The Morgan fingerprint density at radius 1 is 1.32 bits per heavy atom. The highest BCUT2D eigenvalue weighted by Gasteiger charge is 2.35. The molecular weight excluding hydrogens is 391 g/mol. The van der Waals surface area contributed by atoms with Crippen molar-refractivity contribution in [1.82, 2.24) is 25.1 Å². The van der Waals surface area contributed by atoms with Crippen LogP contribution in [0.5, 0.6) is 0 Å². The second-order valence-electron chi connectivity index (χ2n) is 6.19. The van der Waals surface area contributed by atoms with Crippen LogP contribution in [0.4, 0.5) is 13.2 Å². The molecule has 0 aliphatic carbocycles. The van der Waals surface area contributed by atoms with E-state index in [1.165, 1.54) is 18.4 Å². The molecule has 28 heavy (non-hydrogen) atoms. The number of carbonyl (C=O) groups excluding carboxylic acids is 1. The molecule has 1 unspecified atom stereocenters. The molecule has 0 aromatic carbocycles. The zero-order chi connectivity index (χ0) is 20.5. The van der Waals surface area contributed by atoms with Gasteiger partial charge >= 0.3 is 6.18 Å². The largest absolute Gasteiger partial charge is 0.435 e. The minimum atomic E-state index is -4.60. The maximum absolute atomic E-state index is 12.8. The molecule has 0 saturated carbocycles. The van der Waals surface area contributed by atoms with Crippen molar-refractivity contribution in [1.29, 1.82) is 0 Å². The summed E-state index contributed by atoms with van der Waals surface area (Å²) in [6, 6.07) is 4.14. The van der Waals surface area contributed by atoms with Crippen molar-refractivity contribution in [2.45, 2.75) is 32.5 Å². The number of halogens is 3. The van der Waals surface area contributed by atoms with Gasteiger partial charge in [0.1, 0.15) is 10.7 Å². The second-order valence-corrected chi connectivity index (χ2v) is 7.25. The summed E-state index contributed by atoms with van der Waals surface area (Å²) in [6.45, 7) is 3.76. The van der Waals surface area contributed by atoms with E-state index in [-0.39, 0.29) is 5.69 Å². The van der Waals surface area contributed by atoms with E-state index in [4.69, 9.17) is 0 Å². The zero-order valence-electron chi connectivity index (χ0n) is 15.4. The number of hydrogen-bond donors (Lipinski definition) is 1. The summed E-state index contributed by atoms with van der Waals surface area (Å²) in [5, 5.41) is 6.84. The van der Waals surface area contributed by atoms with Crippen molar-refractivity contribution >= 4 is 17.2 Å². The number of nitrogens with zero attached hydrogens (tertiary/aromatic N) is 4. The number of thiazole rings is 1. The molecular formula is C18H18F3N5OS.